The number of aliphatic hydroxyl groups is 8. The van der Waals surface area contributed by atoms with Crippen LogP contribution in [-0.2, 0) is 15.7 Å². The largest absolute Gasteiger partial charge is 0.417 e. The summed E-state index contributed by atoms with van der Waals surface area (Å²) in [6, 6.07) is 2.86. The number of halogens is 3. The van der Waals surface area contributed by atoms with Crippen LogP contribution >= 0.6 is 0 Å². The van der Waals surface area contributed by atoms with Crippen LogP contribution in [0.15, 0.2) is 18.2 Å². The summed E-state index contributed by atoms with van der Waals surface area (Å²) >= 11 is 0. The molecule has 2 aliphatic rings. The second kappa shape index (κ2) is 11.4. The van der Waals surface area contributed by atoms with Gasteiger partial charge in [0.15, 0.2) is 0 Å². The van der Waals surface area contributed by atoms with E-state index in [0.29, 0.717) is 6.07 Å². The monoisotopic (exact) mass is 518 g/mol. The maximum atomic E-state index is 13.7. The minimum atomic E-state index is -4.87. The van der Waals surface area contributed by atoms with Gasteiger partial charge in [0.25, 0.3) is 0 Å². The highest BCUT2D eigenvalue weighted by Gasteiger charge is 2.44. The summed E-state index contributed by atoms with van der Waals surface area (Å²) < 4.78 is 51.5. The molecule has 0 aliphatic carbocycles. The number of hydrogen-bond donors (Lipinski definition) is 8. The first-order chi connectivity index (χ1) is 16.9. The summed E-state index contributed by atoms with van der Waals surface area (Å²) in [6.45, 7) is -1.41. The van der Waals surface area contributed by atoms with Crippen molar-refractivity contribution in [2.24, 2.45) is 0 Å². The molecule has 2 saturated heterocycles. The molecule has 3 rings (SSSR count). The lowest BCUT2D eigenvalue weighted by Crippen LogP contribution is -2.58. The third kappa shape index (κ3) is 5.99. The Bertz CT molecular complexity index is 1040. The van der Waals surface area contributed by atoms with Crippen LogP contribution in [0.5, 0.6) is 0 Å². The van der Waals surface area contributed by atoms with Gasteiger partial charge in [-0.15, -0.1) is 0 Å². The normalized spacial score (nSPS) is 36.9. The lowest BCUT2D eigenvalue weighted by Gasteiger charge is -2.37. The third-order valence-corrected chi connectivity index (χ3v) is 5.82. The Morgan fingerprint density at radius 1 is 0.694 bits per heavy atom. The minimum Gasteiger partial charge on any atom is -0.394 e. The fourth-order valence-corrected chi connectivity index (χ4v) is 3.71. The van der Waals surface area contributed by atoms with Gasteiger partial charge in [-0.3, -0.25) is 0 Å². The molecule has 0 aromatic heterocycles. The van der Waals surface area contributed by atoms with Gasteiger partial charge < -0.3 is 50.3 Å². The Labute approximate surface area is 203 Å². The van der Waals surface area contributed by atoms with Crippen molar-refractivity contribution in [3.05, 3.63) is 34.9 Å². The molecule has 0 unspecified atom stereocenters. The lowest BCUT2D eigenvalue weighted by atomic mass is 9.94. The van der Waals surface area contributed by atoms with Crippen molar-refractivity contribution < 1.29 is 63.5 Å². The zero-order valence-electron chi connectivity index (χ0n) is 18.4. The topological polar surface area (TPSA) is 180 Å². The van der Waals surface area contributed by atoms with Gasteiger partial charge >= 0.3 is 6.18 Å². The van der Waals surface area contributed by atoms with Gasteiger partial charge in [0.1, 0.15) is 61.0 Å². The van der Waals surface area contributed by atoms with Gasteiger partial charge in [-0.25, -0.2) is 0 Å². The maximum Gasteiger partial charge on any atom is 0.417 e. The third-order valence-electron chi connectivity index (χ3n) is 5.82. The first kappa shape index (κ1) is 28.3. The SMILES string of the molecule is OC[C@H]1O[C@H](C#Cc2ccc(C#C[C@H]3O[C@H](CO)[C@@H](O)[C@H](O)[C@@H]3O)c(C(F)(F)F)c2)[C@@H](O)[C@@H](O)[C@@H]1O. The quantitative estimate of drug-likeness (QED) is 0.189. The molecule has 2 heterocycles. The molecule has 2 fully saturated rings. The van der Waals surface area contributed by atoms with Gasteiger partial charge in [-0.05, 0) is 18.2 Å². The number of hydrogen-bond acceptors (Lipinski definition) is 10. The van der Waals surface area contributed by atoms with Crippen LogP contribution in [0.1, 0.15) is 16.7 Å². The zero-order valence-corrected chi connectivity index (χ0v) is 18.4. The van der Waals surface area contributed by atoms with Crippen LogP contribution in [0.4, 0.5) is 13.2 Å². The van der Waals surface area contributed by atoms with Crippen LogP contribution in [-0.4, -0.2) is 115 Å². The Kier molecular flexibility index (Phi) is 8.97. The van der Waals surface area contributed by atoms with E-state index in [4.69, 9.17) is 9.47 Å². The number of rotatable bonds is 2. The number of benzene rings is 1. The summed E-state index contributed by atoms with van der Waals surface area (Å²) in [5, 5.41) is 77.7. The maximum absolute atomic E-state index is 13.7. The highest BCUT2D eigenvalue weighted by molar-refractivity contribution is 5.49. The van der Waals surface area contributed by atoms with E-state index in [-0.39, 0.29) is 5.56 Å². The highest BCUT2D eigenvalue weighted by atomic mass is 19.4. The smallest absolute Gasteiger partial charge is 0.394 e. The predicted molar refractivity (Wildman–Crippen MR) is 113 cm³/mol. The van der Waals surface area contributed by atoms with Gasteiger partial charge in [-0.1, -0.05) is 23.7 Å². The Morgan fingerprint density at radius 3 is 1.61 bits per heavy atom. The molecule has 0 saturated carbocycles. The molecule has 0 radical (unpaired) electrons. The van der Waals surface area contributed by atoms with Gasteiger partial charge in [0.2, 0.25) is 0 Å². The molecule has 0 amide bonds. The first-order valence-electron chi connectivity index (χ1n) is 10.7. The molecule has 13 heteroatoms. The molecule has 2 aliphatic heterocycles. The minimum absolute atomic E-state index is 0.155. The van der Waals surface area contributed by atoms with Gasteiger partial charge in [0, 0.05) is 11.1 Å². The van der Waals surface area contributed by atoms with Crippen LogP contribution < -0.4 is 0 Å². The number of alkyl halides is 3. The molecule has 36 heavy (non-hydrogen) atoms. The summed E-state index contributed by atoms with van der Waals surface area (Å²) in [5.41, 5.74) is -1.87. The van der Waals surface area contributed by atoms with Crippen molar-refractivity contribution in [2.45, 2.75) is 67.2 Å². The first-order valence-corrected chi connectivity index (χ1v) is 10.7. The summed E-state index contributed by atoms with van der Waals surface area (Å²) in [6.07, 6.45) is -20.4. The highest BCUT2D eigenvalue weighted by Crippen LogP contribution is 2.32. The summed E-state index contributed by atoms with van der Waals surface area (Å²) in [5.74, 6) is 9.27. The summed E-state index contributed by atoms with van der Waals surface area (Å²) in [4.78, 5) is 0. The van der Waals surface area contributed by atoms with Crippen LogP contribution in [0.2, 0.25) is 0 Å². The van der Waals surface area contributed by atoms with E-state index in [1.165, 1.54) is 6.07 Å². The van der Waals surface area contributed by atoms with Crippen molar-refractivity contribution in [1.82, 2.24) is 0 Å². The number of ether oxygens (including phenoxy) is 2. The zero-order chi connectivity index (χ0) is 26.8. The predicted octanol–water partition coefficient (Wildman–Crippen LogP) is -2.91. The molecule has 10 atom stereocenters. The van der Waals surface area contributed by atoms with Crippen molar-refractivity contribution in [3.63, 3.8) is 0 Å². The van der Waals surface area contributed by atoms with Crippen molar-refractivity contribution in [2.75, 3.05) is 13.2 Å². The van der Waals surface area contributed by atoms with Gasteiger partial charge in [-0.2, -0.15) is 13.2 Å². The number of aliphatic hydroxyl groups excluding tert-OH is 8. The van der Waals surface area contributed by atoms with E-state index in [2.05, 4.69) is 23.7 Å². The van der Waals surface area contributed by atoms with Crippen molar-refractivity contribution in [1.29, 1.82) is 0 Å². The molecule has 1 aromatic rings. The standard InChI is InChI=1S/C23H25F3O10/c24-23(25,26)12-7-10(2-5-13-17(29)21(33)19(31)15(8-27)35-13)1-3-11(12)4-6-14-18(30)22(34)20(32)16(9-28)36-14/h1,3,7,13-22,27-34H,8-9H2/t13-,14-,15-,16-,17-,18-,19-,20-,21-,22-/m1/s1. The van der Waals surface area contributed by atoms with Crippen molar-refractivity contribution in [3.8, 4) is 23.7 Å². The van der Waals surface area contributed by atoms with E-state index < -0.39 is 91.6 Å². The van der Waals surface area contributed by atoms with Gasteiger partial charge in [0.05, 0.1) is 18.8 Å². The van der Waals surface area contributed by atoms with E-state index in [0.717, 1.165) is 6.07 Å². The van der Waals surface area contributed by atoms with Crippen molar-refractivity contribution >= 4 is 0 Å². The second-order valence-electron chi connectivity index (χ2n) is 8.30. The Morgan fingerprint density at radius 2 is 1.17 bits per heavy atom. The molecule has 1 aromatic carbocycles. The molecule has 10 nitrogen and oxygen atoms in total. The fraction of sp³-hybridized carbons (Fsp3) is 0.565. The van der Waals surface area contributed by atoms with E-state index in [1.54, 1.807) is 0 Å². The van der Waals surface area contributed by atoms with E-state index in [9.17, 15) is 54.0 Å². The molecule has 0 bridgehead atoms. The Hall–Kier alpha value is -2.27. The average Bonchev–Trinajstić information content (AvgIpc) is 2.85. The van der Waals surface area contributed by atoms with E-state index in [1.807, 2.05) is 0 Å². The fourth-order valence-electron chi connectivity index (χ4n) is 3.71. The average molecular weight is 518 g/mol. The van der Waals surface area contributed by atoms with Crippen LogP contribution in [0, 0.1) is 23.7 Å². The molecule has 8 N–H and O–H groups in total. The molecule has 0 spiro atoms. The second-order valence-corrected chi connectivity index (χ2v) is 8.30. The molecular formula is C23H25F3O10. The Balaban J connectivity index is 1.88. The molecular weight excluding hydrogens is 493 g/mol. The summed E-state index contributed by atoms with van der Waals surface area (Å²) in [7, 11) is 0. The van der Waals surface area contributed by atoms with Crippen LogP contribution in [0.25, 0.3) is 0 Å². The van der Waals surface area contributed by atoms with Crippen LogP contribution in [0.3, 0.4) is 0 Å². The van der Waals surface area contributed by atoms with E-state index >= 15 is 0 Å². The lowest BCUT2D eigenvalue weighted by molar-refractivity contribution is -0.214. The molecule has 198 valence electrons.